The Kier molecular flexibility index (Phi) is 6.73. The van der Waals surface area contributed by atoms with Gasteiger partial charge in [-0.25, -0.2) is 0 Å². The topological polar surface area (TPSA) is 56.8 Å². The van der Waals surface area contributed by atoms with E-state index in [1.807, 2.05) is 61.5 Å². The number of carbonyl (C=O) groups is 1. The van der Waals surface area contributed by atoms with Crippen LogP contribution >= 0.6 is 0 Å². The molecule has 0 heterocycles. The van der Waals surface area contributed by atoms with Gasteiger partial charge in [0, 0.05) is 5.39 Å². The first kappa shape index (κ1) is 19.5. The van der Waals surface area contributed by atoms with E-state index in [2.05, 4.69) is 5.32 Å². The van der Waals surface area contributed by atoms with E-state index in [-0.39, 0.29) is 5.91 Å². The summed E-state index contributed by atoms with van der Waals surface area (Å²) in [6, 6.07) is 21.3. The molecule has 0 aliphatic heterocycles. The SMILES string of the molecule is CC[C@@H](Oc1ccccc1OC)C(=O)NCCOc1cccc2ccccc12. The van der Waals surface area contributed by atoms with Gasteiger partial charge in [-0.2, -0.15) is 0 Å². The van der Waals surface area contributed by atoms with E-state index < -0.39 is 6.10 Å². The number of ether oxygens (including phenoxy) is 3. The van der Waals surface area contributed by atoms with Gasteiger partial charge in [-0.15, -0.1) is 0 Å². The molecule has 0 saturated heterocycles. The quantitative estimate of drug-likeness (QED) is 0.566. The van der Waals surface area contributed by atoms with E-state index in [1.54, 1.807) is 19.2 Å². The summed E-state index contributed by atoms with van der Waals surface area (Å²) < 4.78 is 17.0. The van der Waals surface area contributed by atoms with Gasteiger partial charge in [0.1, 0.15) is 12.4 Å². The highest BCUT2D eigenvalue weighted by Crippen LogP contribution is 2.27. The second kappa shape index (κ2) is 9.65. The number of benzene rings is 3. The lowest BCUT2D eigenvalue weighted by Gasteiger charge is -2.19. The highest BCUT2D eigenvalue weighted by Gasteiger charge is 2.19. The third-order valence-corrected chi connectivity index (χ3v) is 4.41. The maximum Gasteiger partial charge on any atom is 0.261 e. The van der Waals surface area contributed by atoms with E-state index in [4.69, 9.17) is 14.2 Å². The van der Waals surface area contributed by atoms with Crippen molar-refractivity contribution >= 4 is 16.7 Å². The van der Waals surface area contributed by atoms with Crippen LogP contribution in [0.4, 0.5) is 0 Å². The van der Waals surface area contributed by atoms with Crippen LogP contribution in [0.15, 0.2) is 66.7 Å². The number of para-hydroxylation sites is 2. The molecule has 0 saturated carbocycles. The summed E-state index contributed by atoms with van der Waals surface area (Å²) in [5.74, 6) is 1.80. The molecule has 5 nitrogen and oxygen atoms in total. The van der Waals surface area contributed by atoms with Crippen LogP contribution in [0.2, 0.25) is 0 Å². The first-order valence-electron chi connectivity index (χ1n) is 9.41. The Bertz CT molecular complexity index is 920. The first-order chi connectivity index (χ1) is 13.7. The van der Waals surface area contributed by atoms with Crippen LogP contribution < -0.4 is 19.5 Å². The van der Waals surface area contributed by atoms with Gasteiger partial charge < -0.3 is 19.5 Å². The van der Waals surface area contributed by atoms with Crippen molar-refractivity contribution in [3.8, 4) is 17.2 Å². The fraction of sp³-hybridized carbons (Fsp3) is 0.261. The lowest BCUT2D eigenvalue weighted by Crippen LogP contribution is -2.39. The third-order valence-electron chi connectivity index (χ3n) is 4.41. The molecule has 0 unspecified atom stereocenters. The van der Waals surface area contributed by atoms with Crippen molar-refractivity contribution in [2.45, 2.75) is 19.4 Å². The maximum absolute atomic E-state index is 12.5. The highest BCUT2D eigenvalue weighted by molar-refractivity contribution is 5.88. The summed E-state index contributed by atoms with van der Waals surface area (Å²) in [6.07, 6.45) is -0.0394. The van der Waals surface area contributed by atoms with Gasteiger partial charge in [0.15, 0.2) is 17.6 Å². The number of rotatable bonds is 9. The predicted molar refractivity (Wildman–Crippen MR) is 110 cm³/mol. The number of fused-ring (bicyclic) bond motifs is 1. The van der Waals surface area contributed by atoms with E-state index in [0.717, 1.165) is 16.5 Å². The number of amides is 1. The smallest absolute Gasteiger partial charge is 0.261 e. The molecule has 1 amide bonds. The van der Waals surface area contributed by atoms with Crippen LogP contribution in [-0.2, 0) is 4.79 Å². The van der Waals surface area contributed by atoms with Crippen molar-refractivity contribution in [3.05, 3.63) is 66.7 Å². The normalized spacial score (nSPS) is 11.6. The number of methoxy groups -OCH3 is 1. The summed E-state index contributed by atoms with van der Waals surface area (Å²) in [7, 11) is 1.58. The van der Waals surface area contributed by atoms with Crippen LogP contribution in [-0.4, -0.2) is 32.3 Å². The Balaban J connectivity index is 1.52. The Morgan fingerprint density at radius 2 is 1.61 bits per heavy atom. The van der Waals surface area contributed by atoms with E-state index in [0.29, 0.717) is 31.1 Å². The zero-order valence-corrected chi connectivity index (χ0v) is 16.2. The highest BCUT2D eigenvalue weighted by atomic mass is 16.5. The summed E-state index contributed by atoms with van der Waals surface area (Å²) >= 11 is 0. The van der Waals surface area contributed by atoms with E-state index in [9.17, 15) is 4.79 Å². The van der Waals surface area contributed by atoms with Crippen molar-refractivity contribution < 1.29 is 19.0 Å². The summed E-state index contributed by atoms with van der Waals surface area (Å²) in [5, 5.41) is 5.06. The molecular weight excluding hydrogens is 354 g/mol. The standard InChI is InChI=1S/C23H25NO4/c1-3-19(28-22-13-7-6-12-21(22)26-2)23(25)24-15-16-27-20-14-8-10-17-9-4-5-11-18(17)20/h4-14,19H,3,15-16H2,1-2H3,(H,24,25)/t19-/m1/s1. The van der Waals surface area contributed by atoms with Gasteiger partial charge >= 0.3 is 0 Å². The molecule has 0 radical (unpaired) electrons. The summed E-state index contributed by atoms with van der Waals surface area (Å²) in [5.41, 5.74) is 0. The van der Waals surface area contributed by atoms with Gasteiger partial charge in [-0.3, -0.25) is 4.79 Å². The first-order valence-corrected chi connectivity index (χ1v) is 9.41. The number of hydrogen-bond donors (Lipinski definition) is 1. The van der Waals surface area contributed by atoms with E-state index in [1.165, 1.54) is 0 Å². The van der Waals surface area contributed by atoms with Gasteiger partial charge in [0.2, 0.25) is 0 Å². The molecule has 0 bridgehead atoms. The molecule has 28 heavy (non-hydrogen) atoms. The minimum absolute atomic E-state index is 0.171. The Hall–Kier alpha value is -3.21. The zero-order chi connectivity index (χ0) is 19.8. The van der Waals surface area contributed by atoms with E-state index >= 15 is 0 Å². The minimum Gasteiger partial charge on any atom is -0.493 e. The maximum atomic E-state index is 12.5. The average Bonchev–Trinajstić information content (AvgIpc) is 2.75. The Labute approximate surface area is 165 Å². The molecular formula is C23H25NO4. The number of nitrogens with one attached hydrogen (secondary N) is 1. The molecule has 146 valence electrons. The summed E-state index contributed by atoms with van der Waals surface area (Å²) in [4.78, 5) is 12.5. The van der Waals surface area contributed by atoms with Gasteiger partial charge in [-0.05, 0) is 30.0 Å². The van der Waals surface area contributed by atoms with Crippen molar-refractivity contribution in [3.63, 3.8) is 0 Å². The monoisotopic (exact) mass is 379 g/mol. The van der Waals surface area contributed by atoms with Gasteiger partial charge in [0.25, 0.3) is 5.91 Å². The number of carbonyl (C=O) groups excluding carboxylic acids is 1. The van der Waals surface area contributed by atoms with Crippen LogP contribution in [0.1, 0.15) is 13.3 Å². The molecule has 0 aliphatic rings. The van der Waals surface area contributed by atoms with Crippen LogP contribution in [0.3, 0.4) is 0 Å². The second-order valence-corrected chi connectivity index (χ2v) is 6.28. The van der Waals surface area contributed by atoms with Crippen LogP contribution in [0.5, 0.6) is 17.2 Å². The zero-order valence-electron chi connectivity index (χ0n) is 16.2. The largest absolute Gasteiger partial charge is 0.493 e. The fourth-order valence-corrected chi connectivity index (χ4v) is 2.96. The molecule has 3 rings (SSSR count). The molecule has 3 aromatic rings. The molecule has 3 aromatic carbocycles. The molecule has 5 heteroatoms. The fourth-order valence-electron chi connectivity index (χ4n) is 2.96. The molecule has 0 aromatic heterocycles. The van der Waals surface area contributed by atoms with Gasteiger partial charge in [0.05, 0.1) is 13.7 Å². The molecule has 0 spiro atoms. The Morgan fingerprint density at radius 1 is 0.929 bits per heavy atom. The van der Waals surface area contributed by atoms with Gasteiger partial charge in [-0.1, -0.05) is 55.5 Å². The van der Waals surface area contributed by atoms with Crippen molar-refractivity contribution in [2.75, 3.05) is 20.3 Å². The second-order valence-electron chi connectivity index (χ2n) is 6.28. The van der Waals surface area contributed by atoms with Crippen molar-refractivity contribution in [1.29, 1.82) is 0 Å². The van der Waals surface area contributed by atoms with Crippen molar-refractivity contribution in [1.82, 2.24) is 5.32 Å². The van der Waals surface area contributed by atoms with Crippen molar-refractivity contribution in [2.24, 2.45) is 0 Å². The molecule has 1 N–H and O–H groups in total. The molecule has 0 fully saturated rings. The lowest BCUT2D eigenvalue weighted by atomic mass is 10.1. The Morgan fingerprint density at radius 3 is 2.39 bits per heavy atom. The summed E-state index contributed by atoms with van der Waals surface area (Å²) in [6.45, 7) is 2.69. The average molecular weight is 379 g/mol. The van der Waals surface area contributed by atoms with Crippen LogP contribution in [0.25, 0.3) is 10.8 Å². The molecule has 0 aliphatic carbocycles. The third kappa shape index (κ3) is 4.74. The predicted octanol–water partition coefficient (Wildman–Crippen LogP) is 4.20. The number of hydrogen-bond acceptors (Lipinski definition) is 4. The van der Waals surface area contributed by atoms with Crippen LogP contribution in [0, 0.1) is 0 Å². The minimum atomic E-state index is -0.589. The lowest BCUT2D eigenvalue weighted by molar-refractivity contribution is -0.128. The molecule has 1 atom stereocenters.